The molecule has 0 bridgehead atoms. The summed E-state index contributed by atoms with van der Waals surface area (Å²) in [5.74, 6) is -0.505. The van der Waals surface area contributed by atoms with Crippen molar-refractivity contribution in [1.82, 2.24) is 0 Å². The van der Waals surface area contributed by atoms with Crippen LogP contribution in [-0.2, 0) is 15.8 Å². The number of aryl methyl sites for hydroxylation is 1. The van der Waals surface area contributed by atoms with Gasteiger partial charge < -0.3 is 9.29 Å². The highest BCUT2D eigenvalue weighted by Crippen LogP contribution is 2.14. The zero-order valence-electron chi connectivity index (χ0n) is 7.81. The third kappa shape index (κ3) is 2.18. The monoisotopic (exact) mass is 214 g/mol. The second-order valence-electron chi connectivity index (χ2n) is 2.72. The number of carbonyl (C=O) groups excluding carboxylic acids is 1. The molecular formula is C9H10O4S. The lowest BCUT2D eigenvalue weighted by Crippen LogP contribution is -2.05. The van der Waals surface area contributed by atoms with E-state index in [9.17, 15) is 9.00 Å². The van der Waals surface area contributed by atoms with Crippen LogP contribution in [-0.4, -0.2) is 21.8 Å². The summed E-state index contributed by atoms with van der Waals surface area (Å²) in [5, 5.41) is 0. The Labute approximate surface area is 84.2 Å². The van der Waals surface area contributed by atoms with Gasteiger partial charge in [0, 0.05) is 0 Å². The van der Waals surface area contributed by atoms with E-state index in [0.717, 1.165) is 0 Å². The summed E-state index contributed by atoms with van der Waals surface area (Å²) < 4.78 is 24.1. The Balaban J connectivity index is 3.21. The molecule has 1 aromatic carbocycles. The van der Waals surface area contributed by atoms with Gasteiger partial charge in [-0.1, -0.05) is 6.07 Å². The van der Waals surface area contributed by atoms with Crippen LogP contribution in [0, 0.1) is 6.92 Å². The number of rotatable bonds is 2. The average molecular weight is 214 g/mol. The van der Waals surface area contributed by atoms with Gasteiger partial charge in [-0.05, 0) is 24.6 Å². The zero-order chi connectivity index (χ0) is 10.7. The molecule has 0 aromatic heterocycles. The highest BCUT2D eigenvalue weighted by molar-refractivity contribution is 7.79. The normalized spacial score (nSPS) is 12.2. The molecule has 1 unspecified atom stereocenters. The standard InChI is InChI=1S/C9H10O4S/c1-6-3-4-7(14(11)12)5-8(6)9(10)13-2/h3-5H,1-2H3,(H,11,12). The van der Waals surface area contributed by atoms with Crippen LogP contribution in [0.15, 0.2) is 23.1 Å². The van der Waals surface area contributed by atoms with Crippen molar-refractivity contribution in [2.45, 2.75) is 11.8 Å². The molecule has 0 aliphatic carbocycles. The number of carbonyl (C=O) groups is 1. The van der Waals surface area contributed by atoms with Gasteiger partial charge in [0.1, 0.15) is 0 Å². The highest BCUT2D eigenvalue weighted by Gasteiger charge is 2.11. The van der Waals surface area contributed by atoms with Gasteiger partial charge in [-0.3, -0.25) is 0 Å². The van der Waals surface area contributed by atoms with Crippen LogP contribution < -0.4 is 0 Å². The van der Waals surface area contributed by atoms with Gasteiger partial charge in [0.15, 0.2) is 11.1 Å². The van der Waals surface area contributed by atoms with Crippen LogP contribution in [0.5, 0.6) is 0 Å². The molecule has 1 rings (SSSR count). The van der Waals surface area contributed by atoms with Gasteiger partial charge in [-0.15, -0.1) is 0 Å². The predicted molar refractivity (Wildman–Crippen MR) is 51.6 cm³/mol. The lowest BCUT2D eigenvalue weighted by atomic mass is 10.1. The molecule has 0 saturated carbocycles. The first-order valence-corrected chi connectivity index (χ1v) is 4.96. The molecule has 0 aliphatic rings. The summed E-state index contributed by atoms with van der Waals surface area (Å²) in [4.78, 5) is 11.4. The second kappa shape index (κ2) is 4.34. The van der Waals surface area contributed by atoms with E-state index in [1.54, 1.807) is 13.0 Å². The molecule has 1 atom stereocenters. The molecule has 0 saturated heterocycles. The van der Waals surface area contributed by atoms with E-state index < -0.39 is 17.0 Å². The minimum Gasteiger partial charge on any atom is -0.465 e. The van der Waals surface area contributed by atoms with Gasteiger partial charge in [0.05, 0.1) is 17.6 Å². The summed E-state index contributed by atoms with van der Waals surface area (Å²) >= 11 is -2.07. The molecule has 76 valence electrons. The lowest BCUT2D eigenvalue weighted by Gasteiger charge is -2.04. The molecule has 0 spiro atoms. The van der Waals surface area contributed by atoms with E-state index in [1.165, 1.54) is 19.2 Å². The number of esters is 1. The van der Waals surface area contributed by atoms with Crippen molar-refractivity contribution in [3.05, 3.63) is 29.3 Å². The van der Waals surface area contributed by atoms with E-state index in [1.807, 2.05) is 0 Å². The Morgan fingerprint density at radius 1 is 1.50 bits per heavy atom. The summed E-state index contributed by atoms with van der Waals surface area (Å²) in [6.45, 7) is 1.73. The molecule has 1 aromatic rings. The van der Waals surface area contributed by atoms with Crippen LogP contribution >= 0.6 is 0 Å². The number of benzene rings is 1. The number of hydrogen-bond donors (Lipinski definition) is 1. The van der Waals surface area contributed by atoms with Crippen molar-refractivity contribution >= 4 is 17.0 Å². The third-order valence-corrected chi connectivity index (χ3v) is 2.47. The molecule has 0 heterocycles. The molecule has 0 fully saturated rings. The molecular weight excluding hydrogens is 204 g/mol. The van der Waals surface area contributed by atoms with Crippen LogP contribution in [0.1, 0.15) is 15.9 Å². The number of methoxy groups -OCH3 is 1. The van der Waals surface area contributed by atoms with Crippen molar-refractivity contribution in [1.29, 1.82) is 0 Å². The fourth-order valence-corrected chi connectivity index (χ4v) is 1.44. The van der Waals surface area contributed by atoms with E-state index >= 15 is 0 Å². The van der Waals surface area contributed by atoms with E-state index in [2.05, 4.69) is 4.74 Å². The Hall–Kier alpha value is -1.20. The van der Waals surface area contributed by atoms with E-state index in [4.69, 9.17) is 4.55 Å². The van der Waals surface area contributed by atoms with E-state index in [-0.39, 0.29) is 4.90 Å². The SMILES string of the molecule is COC(=O)c1cc(S(=O)O)ccc1C. The maximum atomic E-state index is 11.2. The minimum atomic E-state index is -2.07. The molecule has 1 N–H and O–H groups in total. The van der Waals surface area contributed by atoms with Gasteiger partial charge in [-0.25, -0.2) is 9.00 Å². The average Bonchev–Trinajstić information content (AvgIpc) is 2.17. The second-order valence-corrected chi connectivity index (χ2v) is 3.69. The van der Waals surface area contributed by atoms with Gasteiger partial charge in [0.25, 0.3) is 0 Å². The largest absolute Gasteiger partial charge is 0.465 e. The van der Waals surface area contributed by atoms with Crippen molar-refractivity contribution in [2.75, 3.05) is 7.11 Å². The summed E-state index contributed by atoms with van der Waals surface area (Å²) in [7, 11) is 1.27. The zero-order valence-corrected chi connectivity index (χ0v) is 8.63. The predicted octanol–water partition coefficient (Wildman–Crippen LogP) is 1.36. The molecule has 0 radical (unpaired) electrons. The molecule has 4 nitrogen and oxygen atoms in total. The molecule has 14 heavy (non-hydrogen) atoms. The molecule has 0 amide bonds. The Morgan fingerprint density at radius 3 is 2.64 bits per heavy atom. The van der Waals surface area contributed by atoms with Gasteiger partial charge >= 0.3 is 5.97 Å². The smallest absolute Gasteiger partial charge is 0.338 e. The van der Waals surface area contributed by atoms with Gasteiger partial charge in [0.2, 0.25) is 0 Å². The lowest BCUT2D eigenvalue weighted by molar-refractivity contribution is 0.0599. The van der Waals surface area contributed by atoms with Crippen molar-refractivity contribution < 1.29 is 18.3 Å². The fourth-order valence-electron chi connectivity index (χ4n) is 1.04. The number of hydrogen-bond acceptors (Lipinski definition) is 3. The van der Waals surface area contributed by atoms with Crippen molar-refractivity contribution in [2.24, 2.45) is 0 Å². The van der Waals surface area contributed by atoms with Gasteiger partial charge in [-0.2, -0.15) is 0 Å². The van der Waals surface area contributed by atoms with E-state index in [0.29, 0.717) is 11.1 Å². The summed E-state index contributed by atoms with van der Waals surface area (Å²) in [5.41, 5.74) is 1.03. The van der Waals surface area contributed by atoms with Crippen molar-refractivity contribution in [3.8, 4) is 0 Å². The first-order chi connectivity index (χ1) is 6.56. The van der Waals surface area contributed by atoms with Crippen LogP contribution in [0.25, 0.3) is 0 Å². The van der Waals surface area contributed by atoms with Crippen LogP contribution in [0.3, 0.4) is 0 Å². The maximum Gasteiger partial charge on any atom is 0.338 e. The third-order valence-electron chi connectivity index (χ3n) is 1.82. The Morgan fingerprint density at radius 2 is 2.14 bits per heavy atom. The summed E-state index contributed by atoms with van der Waals surface area (Å²) in [6, 6.07) is 4.46. The topological polar surface area (TPSA) is 63.6 Å². The first-order valence-electron chi connectivity index (χ1n) is 3.86. The fraction of sp³-hybridized carbons (Fsp3) is 0.222. The minimum absolute atomic E-state index is 0.191. The number of ether oxygens (including phenoxy) is 1. The molecule has 5 heteroatoms. The highest BCUT2D eigenvalue weighted by atomic mass is 32.2. The first kappa shape index (κ1) is 10.9. The maximum absolute atomic E-state index is 11.2. The Bertz CT molecular complexity index is 386. The van der Waals surface area contributed by atoms with Crippen molar-refractivity contribution in [3.63, 3.8) is 0 Å². The van der Waals surface area contributed by atoms with Crippen LogP contribution in [0.2, 0.25) is 0 Å². The van der Waals surface area contributed by atoms with Crippen LogP contribution in [0.4, 0.5) is 0 Å². The summed E-state index contributed by atoms with van der Waals surface area (Å²) in [6.07, 6.45) is 0. The Kier molecular flexibility index (Phi) is 3.38. The quantitative estimate of drug-likeness (QED) is 0.596. The molecule has 0 aliphatic heterocycles.